The molecule has 0 atom stereocenters. The molecule has 0 spiro atoms. The smallest absolute Gasteiger partial charge is 0.164 e. The Morgan fingerprint density at radius 2 is 0.776 bits per heavy atom. The lowest BCUT2D eigenvalue weighted by molar-refractivity contribution is 1.07. The van der Waals surface area contributed by atoms with Gasteiger partial charge in [0.1, 0.15) is 0 Å². The molecule has 0 aliphatic rings. The molecule has 10 aromatic rings. The molecule has 0 unspecified atom stereocenters. The van der Waals surface area contributed by atoms with Crippen molar-refractivity contribution in [2.75, 3.05) is 0 Å². The Morgan fingerprint density at radius 3 is 1.45 bits per heavy atom. The van der Waals surface area contributed by atoms with E-state index in [0.29, 0.717) is 17.5 Å². The summed E-state index contributed by atoms with van der Waals surface area (Å²) in [7, 11) is 0. The predicted molar refractivity (Wildman–Crippen MR) is 203 cm³/mol. The van der Waals surface area contributed by atoms with Gasteiger partial charge in [-0.3, -0.25) is 0 Å². The predicted octanol–water partition coefficient (Wildman–Crippen LogP) is 11.4. The highest BCUT2D eigenvalue weighted by Gasteiger charge is 2.15. The second-order valence-electron chi connectivity index (χ2n) is 12.5. The number of aromatic nitrogens is 4. The van der Waals surface area contributed by atoms with Crippen LogP contribution in [0.4, 0.5) is 0 Å². The van der Waals surface area contributed by atoms with E-state index in [2.05, 4.69) is 144 Å². The topological polar surface area (TPSA) is 43.6 Å². The number of benzene rings is 8. The lowest BCUT2D eigenvalue weighted by Gasteiger charge is -2.12. The molecule has 0 aliphatic heterocycles. The third-order valence-corrected chi connectivity index (χ3v) is 9.63. The summed E-state index contributed by atoms with van der Waals surface area (Å²) in [6, 6.07) is 59.8. The molecule has 0 amide bonds. The summed E-state index contributed by atoms with van der Waals surface area (Å²) < 4.78 is 2.32. The van der Waals surface area contributed by atoms with Gasteiger partial charge in [-0.15, -0.1) is 0 Å². The van der Waals surface area contributed by atoms with Crippen LogP contribution in [0.2, 0.25) is 0 Å². The Balaban J connectivity index is 1.13. The average Bonchev–Trinajstić information content (AvgIpc) is 3.52. The van der Waals surface area contributed by atoms with Gasteiger partial charge in [0.25, 0.3) is 0 Å². The van der Waals surface area contributed by atoms with E-state index in [0.717, 1.165) is 22.4 Å². The van der Waals surface area contributed by atoms with Crippen LogP contribution in [0.15, 0.2) is 170 Å². The van der Waals surface area contributed by atoms with Crippen LogP contribution < -0.4 is 0 Å². The van der Waals surface area contributed by atoms with Gasteiger partial charge in [-0.05, 0) is 74.8 Å². The minimum Gasteiger partial charge on any atom is -0.309 e. The summed E-state index contributed by atoms with van der Waals surface area (Å²) in [6.45, 7) is 0. The van der Waals surface area contributed by atoms with Gasteiger partial charge in [0, 0.05) is 33.2 Å². The molecule has 8 aromatic carbocycles. The Labute approximate surface area is 282 Å². The van der Waals surface area contributed by atoms with E-state index >= 15 is 0 Å². The molecule has 0 saturated heterocycles. The Morgan fingerprint density at radius 1 is 0.306 bits per heavy atom. The van der Waals surface area contributed by atoms with Gasteiger partial charge < -0.3 is 4.57 Å². The first-order valence-electron chi connectivity index (χ1n) is 16.5. The maximum Gasteiger partial charge on any atom is 0.164 e. The fourth-order valence-corrected chi connectivity index (χ4v) is 7.27. The lowest BCUT2D eigenvalue weighted by Crippen LogP contribution is -2.00. The van der Waals surface area contributed by atoms with Crippen molar-refractivity contribution < 1.29 is 0 Å². The molecular weight excluding hydrogens is 597 g/mol. The zero-order valence-corrected chi connectivity index (χ0v) is 26.5. The van der Waals surface area contributed by atoms with Crippen molar-refractivity contribution >= 4 is 54.1 Å². The third kappa shape index (κ3) is 4.49. The van der Waals surface area contributed by atoms with Crippen LogP contribution >= 0.6 is 0 Å². The molecule has 0 fully saturated rings. The summed E-state index contributed by atoms with van der Waals surface area (Å²) in [5.74, 6) is 1.94. The Kier molecular flexibility index (Phi) is 6.15. The SMILES string of the molecule is c1ccc(-c2nc(-c3ccc(-n4c5ccccc5c5ccccc54)cc3)nc(-c3ccc4ccc5c6ccccc6ccc5c4c3)n2)cc1. The minimum atomic E-state index is 0.640. The standard InChI is InChI=1S/C45H28N4/c1-2-11-31(12-3-1)43-46-44(32-20-24-34(25-21-32)49-41-16-8-6-14-38(41)39-15-7-9-17-42(39)49)48-45(47-43)33-19-18-30-23-26-36-35-13-5-4-10-29(35)22-27-37(36)40(30)28-33/h1-28H. The molecule has 2 heterocycles. The van der Waals surface area contributed by atoms with E-state index in [-0.39, 0.29) is 0 Å². The number of para-hydroxylation sites is 2. The number of rotatable bonds is 4. The van der Waals surface area contributed by atoms with Crippen LogP contribution in [-0.2, 0) is 0 Å². The summed E-state index contributed by atoms with van der Waals surface area (Å²) in [6.07, 6.45) is 0. The molecule has 4 nitrogen and oxygen atoms in total. The van der Waals surface area contributed by atoms with E-state index in [1.807, 2.05) is 30.3 Å². The highest BCUT2D eigenvalue weighted by molar-refractivity contribution is 6.17. The third-order valence-electron chi connectivity index (χ3n) is 9.63. The van der Waals surface area contributed by atoms with E-state index in [1.54, 1.807) is 0 Å². The monoisotopic (exact) mass is 624 g/mol. The molecule has 2 aromatic heterocycles. The molecule has 0 bridgehead atoms. The molecular formula is C45H28N4. The largest absolute Gasteiger partial charge is 0.309 e. The van der Waals surface area contributed by atoms with Gasteiger partial charge >= 0.3 is 0 Å². The van der Waals surface area contributed by atoms with Gasteiger partial charge in [0.05, 0.1) is 11.0 Å². The van der Waals surface area contributed by atoms with Crippen molar-refractivity contribution in [3.05, 3.63) is 170 Å². The van der Waals surface area contributed by atoms with Crippen molar-refractivity contribution in [3.63, 3.8) is 0 Å². The minimum absolute atomic E-state index is 0.640. The van der Waals surface area contributed by atoms with E-state index in [4.69, 9.17) is 15.0 Å². The fourth-order valence-electron chi connectivity index (χ4n) is 7.27. The van der Waals surface area contributed by atoms with Crippen molar-refractivity contribution in [2.45, 2.75) is 0 Å². The molecule has 0 aliphatic carbocycles. The molecule has 228 valence electrons. The molecule has 0 saturated carbocycles. The van der Waals surface area contributed by atoms with Gasteiger partial charge in [-0.1, -0.05) is 127 Å². The Hall–Kier alpha value is -6.65. The first-order valence-corrected chi connectivity index (χ1v) is 16.5. The first-order chi connectivity index (χ1) is 24.3. The van der Waals surface area contributed by atoms with Crippen LogP contribution in [0, 0.1) is 0 Å². The molecule has 4 heteroatoms. The normalized spacial score (nSPS) is 11.7. The van der Waals surface area contributed by atoms with Crippen LogP contribution in [0.1, 0.15) is 0 Å². The first kappa shape index (κ1) is 27.5. The van der Waals surface area contributed by atoms with Crippen LogP contribution in [-0.4, -0.2) is 19.5 Å². The molecule has 0 N–H and O–H groups in total. The quantitative estimate of drug-likeness (QED) is 0.183. The second-order valence-corrected chi connectivity index (χ2v) is 12.5. The summed E-state index contributed by atoms with van der Waals surface area (Å²) >= 11 is 0. The van der Waals surface area contributed by atoms with E-state index in [1.165, 1.54) is 54.1 Å². The number of hydrogen-bond acceptors (Lipinski definition) is 3. The highest BCUT2D eigenvalue weighted by atomic mass is 15.0. The van der Waals surface area contributed by atoms with Crippen molar-refractivity contribution in [3.8, 4) is 39.9 Å². The molecule has 0 radical (unpaired) electrons. The van der Waals surface area contributed by atoms with E-state index < -0.39 is 0 Å². The van der Waals surface area contributed by atoms with Crippen molar-refractivity contribution in [2.24, 2.45) is 0 Å². The summed E-state index contributed by atoms with van der Waals surface area (Å²) in [4.78, 5) is 15.1. The number of nitrogens with zero attached hydrogens (tertiary/aromatic N) is 4. The lowest BCUT2D eigenvalue weighted by atomic mass is 9.96. The van der Waals surface area contributed by atoms with Crippen molar-refractivity contribution in [1.29, 1.82) is 0 Å². The summed E-state index contributed by atoms with van der Waals surface area (Å²) in [5.41, 5.74) is 6.29. The number of hydrogen-bond donors (Lipinski definition) is 0. The van der Waals surface area contributed by atoms with Gasteiger partial charge in [0.2, 0.25) is 0 Å². The van der Waals surface area contributed by atoms with Crippen LogP contribution in [0.25, 0.3) is 94.0 Å². The molecule has 10 rings (SSSR count). The van der Waals surface area contributed by atoms with Gasteiger partial charge in [-0.25, -0.2) is 15.0 Å². The fraction of sp³-hybridized carbons (Fsp3) is 0. The maximum atomic E-state index is 5.10. The van der Waals surface area contributed by atoms with Gasteiger partial charge in [0.15, 0.2) is 17.5 Å². The Bertz CT molecular complexity index is 2820. The number of fused-ring (bicyclic) bond motifs is 8. The van der Waals surface area contributed by atoms with Gasteiger partial charge in [-0.2, -0.15) is 0 Å². The van der Waals surface area contributed by atoms with Crippen LogP contribution in [0.3, 0.4) is 0 Å². The highest BCUT2D eigenvalue weighted by Crippen LogP contribution is 2.35. The summed E-state index contributed by atoms with van der Waals surface area (Å²) in [5, 5.41) is 9.81. The van der Waals surface area contributed by atoms with E-state index in [9.17, 15) is 0 Å². The average molecular weight is 625 g/mol. The van der Waals surface area contributed by atoms with Crippen LogP contribution in [0.5, 0.6) is 0 Å². The zero-order chi connectivity index (χ0) is 32.3. The zero-order valence-electron chi connectivity index (χ0n) is 26.5. The molecule has 49 heavy (non-hydrogen) atoms. The second kappa shape index (κ2) is 11.0. The maximum absolute atomic E-state index is 5.10. The van der Waals surface area contributed by atoms with Crippen molar-refractivity contribution in [1.82, 2.24) is 19.5 Å².